The van der Waals surface area contributed by atoms with Crippen LogP contribution < -0.4 is 11.1 Å². The minimum absolute atomic E-state index is 0.0699. The number of aromatic nitrogens is 1. The van der Waals surface area contributed by atoms with Gasteiger partial charge >= 0.3 is 0 Å². The van der Waals surface area contributed by atoms with E-state index in [9.17, 15) is 4.79 Å². The van der Waals surface area contributed by atoms with Gasteiger partial charge in [0.1, 0.15) is 0 Å². The fourth-order valence-corrected chi connectivity index (χ4v) is 2.69. The minimum Gasteiger partial charge on any atom is -0.377 e. The molecule has 1 amide bonds. The van der Waals surface area contributed by atoms with Gasteiger partial charge in [-0.2, -0.15) is 0 Å². The van der Waals surface area contributed by atoms with Crippen molar-refractivity contribution in [3.8, 4) is 0 Å². The van der Waals surface area contributed by atoms with Crippen molar-refractivity contribution in [2.45, 2.75) is 19.9 Å². The van der Waals surface area contributed by atoms with E-state index in [-0.39, 0.29) is 6.04 Å². The van der Waals surface area contributed by atoms with Crippen LogP contribution in [0.15, 0.2) is 23.6 Å². The minimum atomic E-state index is -0.528. The summed E-state index contributed by atoms with van der Waals surface area (Å²) >= 11 is 7.62. The molecular weight excluding hydrogens is 282 g/mol. The zero-order valence-corrected chi connectivity index (χ0v) is 12.2. The first kappa shape index (κ1) is 13.8. The van der Waals surface area contributed by atoms with Gasteiger partial charge in [0.15, 0.2) is 0 Å². The van der Waals surface area contributed by atoms with E-state index in [1.54, 1.807) is 29.5 Å². The number of amides is 1. The molecule has 0 saturated carbocycles. The predicted molar refractivity (Wildman–Crippen MR) is 78.9 cm³/mol. The van der Waals surface area contributed by atoms with Gasteiger partial charge in [0.2, 0.25) is 5.91 Å². The van der Waals surface area contributed by atoms with Gasteiger partial charge in [-0.1, -0.05) is 11.6 Å². The molecule has 0 aliphatic carbocycles. The first-order valence-electron chi connectivity index (χ1n) is 5.75. The zero-order valence-electron chi connectivity index (χ0n) is 10.6. The second-order valence-corrected chi connectivity index (χ2v) is 5.69. The number of halogens is 1. The molecule has 19 heavy (non-hydrogen) atoms. The van der Waals surface area contributed by atoms with Crippen molar-refractivity contribution in [3.63, 3.8) is 0 Å². The first-order chi connectivity index (χ1) is 8.97. The Bertz CT molecular complexity index is 612. The molecule has 6 heteroatoms. The standard InChI is InChI=1S/C13H14ClN3OS/c1-7(12-6-19-8(2)17-12)16-9-3-4-10(13(15)18)11(14)5-9/h3-7,16H,1-2H3,(H2,15,18). The summed E-state index contributed by atoms with van der Waals surface area (Å²) in [7, 11) is 0. The smallest absolute Gasteiger partial charge is 0.250 e. The molecule has 0 aliphatic heterocycles. The maximum atomic E-state index is 11.1. The molecule has 0 spiro atoms. The van der Waals surface area contributed by atoms with Gasteiger partial charge in [-0.3, -0.25) is 4.79 Å². The van der Waals surface area contributed by atoms with E-state index < -0.39 is 5.91 Å². The fourth-order valence-electron chi connectivity index (χ4n) is 1.71. The molecule has 0 radical (unpaired) electrons. The second-order valence-electron chi connectivity index (χ2n) is 4.22. The van der Waals surface area contributed by atoms with Crippen molar-refractivity contribution < 1.29 is 4.79 Å². The molecule has 100 valence electrons. The molecular formula is C13H14ClN3OS. The Kier molecular flexibility index (Phi) is 4.07. The summed E-state index contributed by atoms with van der Waals surface area (Å²) in [5.74, 6) is -0.528. The van der Waals surface area contributed by atoms with Gasteiger partial charge in [0, 0.05) is 11.1 Å². The van der Waals surface area contributed by atoms with Crippen molar-refractivity contribution >= 4 is 34.5 Å². The van der Waals surface area contributed by atoms with Crippen LogP contribution in [0.1, 0.15) is 34.0 Å². The number of thiazole rings is 1. The summed E-state index contributed by atoms with van der Waals surface area (Å²) in [6, 6.07) is 5.16. The molecule has 0 fully saturated rings. The highest BCUT2D eigenvalue weighted by molar-refractivity contribution is 7.09. The molecule has 0 bridgehead atoms. The number of nitrogens with zero attached hydrogens (tertiary/aromatic N) is 1. The van der Waals surface area contributed by atoms with Crippen molar-refractivity contribution in [2.24, 2.45) is 5.73 Å². The molecule has 3 N–H and O–H groups in total. The lowest BCUT2D eigenvalue weighted by molar-refractivity contribution is 0.100. The predicted octanol–water partition coefficient (Wildman–Crippen LogP) is 3.38. The van der Waals surface area contributed by atoms with Crippen LogP contribution in [0, 0.1) is 6.92 Å². The van der Waals surface area contributed by atoms with Gasteiger partial charge < -0.3 is 11.1 Å². The third-order valence-electron chi connectivity index (χ3n) is 2.70. The summed E-state index contributed by atoms with van der Waals surface area (Å²) in [6.07, 6.45) is 0. The molecule has 1 aromatic heterocycles. The van der Waals surface area contributed by atoms with E-state index in [0.717, 1.165) is 16.4 Å². The summed E-state index contributed by atoms with van der Waals surface area (Å²) in [4.78, 5) is 15.5. The largest absolute Gasteiger partial charge is 0.377 e. The number of benzene rings is 1. The van der Waals surface area contributed by atoms with Gasteiger partial charge in [0.25, 0.3) is 0 Å². The Balaban J connectivity index is 2.15. The summed E-state index contributed by atoms with van der Waals surface area (Å²) in [5, 5.41) is 6.69. The number of rotatable bonds is 4. The molecule has 1 unspecified atom stereocenters. The lowest BCUT2D eigenvalue weighted by atomic mass is 10.1. The Morgan fingerprint density at radius 2 is 2.26 bits per heavy atom. The van der Waals surface area contributed by atoms with Crippen molar-refractivity contribution in [1.29, 1.82) is 0 Å². The Morgan fingerprint density at radius 1 is 1.53 bits per heavy atom. The van der Waals surface area contributed by atoms with Gasteiger partial charge in [-0.05, 0) is 32.0 Å². The average Bonchev–Trinajstić information content (AvgIpc) is 2.75. The highest BCUT2D eigenvalue weighted by Crippen LogP contribution is 2.25. The van der Waals surface area contributed by atoms with Crippen LogP contribution in [-0.4, -0.2) is 10.9 Å². The maximum absolute atomic E-state index is 11.1. The van der Waals surface area contributed by atoms with Crippen molar-refractivity contribution in [2.75, 3.05) is 5.32 Å². The Morgan fingerprint density at radius 3 is 2.79 bits per heavy atom. The number of aryl methyl sites for hydroxylation is 1. The number of anilines is 1. The lowest BCUT2D eigenvalue weighted by Gasteiger charge is -2.14. The number of carbonyl (C=O) groups excluding carboxylic acids is 1. The third kappa shape index (κ3) is 3.24. The zero-order chi connectivity index (χ0) is 14.0. The molecule has 1 atom stereocenters. The van der Waals surface area contributed by atoms with Gasteiger partial charge in [-0.25, -0.2) is 4.98 Å². The van der Waals surface area contributed by atoms with Crippen LogP contribution in [0.2, 0.25) is 5.02 Å². The van der Waals surface area contributed by atoms with Gasteiger partial charge in [0.05, 0.1) is 27.3 Å². The highest BCUT2D eigenvalue weighted by atomic mass is 35.5. The van der Waals surface area contributed by atoms with E-state index in [4.69, 9.17) is 17.3 Å². The average molecular weight is 296 g/mol. The van der Waals surface area contributed by atoms with Gasteiger partial charge in [-0.15, -0.1) is 11.3 Å². The Labute approximate surface area is 120 Å². The second kappa shape index (κ2) is 5.59. The fraction of sp³-hybridized carbons (Fsp3) is 0.231. The number of carbonyl (C=O) groups is 1. The quantitative estimate of drug-likeness (QED) is 0.908. The SMILES string of the molecule is Cc1nc(C(C)Nc2ccc(C(N)=O)c(Cl)c2)cs1. The normalized spacial score (nSPS) is 12.2. The van der Waals surface area contributed by atoms with Crippen LogP contribution in [0.25, 0.3) is 0 Å². The first-order valence-corrected chi connectivity index (χ1v) is 7.01. The lowest BCUT2D eigenvalue weighted by Crippen LogP contribution is -2.12. The molecule has 0 saturated heterocycles. The van der Waals surface area contributed by atoms with E-state index in [1.165, 1.54) is 0 Å². The highest BCUT2D eigenvalue weighted by Gasteiger charge is 2.11. The molecule has 2 aromatic rings. The van der Waals surface area contributed by atoms with Crippen LogP contribution in [0.5, 0.6) is 0 Å². The summed E-state index contributed by atoms with van der Waals surface area (Å²) in [5.41, 5.74) is 7.34. The number of nitrogens with two attached hydrogens (primary N) is 1. The Hall–Kier alpha value is -1.59. The van der Waals surface area contributed by atoms with E-state index in [0.29, 0.717) is 10.6 Å². The summed E-state index contributed by atoms with van der Waals surface area (Å²) < 4.78 is 0. The van der Waals surface area contributed by atoms with Crippen molar-refractivity contribution in [3.05, 3.63) is 44.9 Å². The molecule has 1 heterocycles. The van der Waals surface area contributed by atoms with Crippen molar-refractivity contribution in [1.82, 2.24) is 4.98 Å². The van der Waals surface area contributed by atoms with Crippen LogP contribution in [-0.2, 0) is 0 Å². The van der Waals surface area contributed by atoms with E-state index >= 15 is 0 Å². The topological polar surface area (TPSA) is 68.0 Å². The number of primary amides is 1. The molecule has 2 rings (SSSR count). The maximum Gasteiger partial charge on any atom is 0.250 e. The number of hydrogen-bond acceptors (Lipinski definition) is 4. The molecule has 0 aliphatic rings. The number of nitrogens with one attached hydrogen (secondary N) is 1. The molecule has 1 aromatic carbocycles. The summed E-state index contributed by atoms with van der Waals surface area (Å²) in [6.45, 7) is 3.99. The monoisotopic (exact) mass is 295 g/mol. The van der Waals surface area contributed by atoms with E-state index in [1.807, 2.05) is 19.2 Å². The van der Waals surface area contributed by atoms with Crippen LogP contribution in [0.3, 0.4) is 0 Å². The molecule has 4 nitrogen and oxygen atoms in total. The van der Waals surface area contributed by atoms with Crippen LogP contribution >= 0.6 is 22.9 Å². The third-order valence-corrected chi connectivity index (χ3v) is 3.80. The number of hydrogen-bond donors (Lipinski definition) is 2. The van der Waals surface area contributed by atoms with E-state index in [2.05, 4.69) is 10.3 Å². The van der Waals surface area contributed by atoms with Crippen LogP contribution in [0.4, 0.5) is 5.69 Å².